The van der Waals surface area contributed by atoms with Crippen molar-refractivity contribution in [1.29, 1.82) is 0 Å². The van der Waals surface area contributed by atoms with Crippen LogP contribution >= 0.6 is 11.3 Å². The summed E-state index contributed by atoms with van der Waals surface area (Å²) in [7, 11) is 1.89. The Balaban J connectivity index is 2.38. The molecule has 1 aromatic carbocycles. The number of aromatic nitrogens is 1. The Bertz CT molecular complexity index is 754. The number of nitrogens with zero attached hydrogens (tertiary/aromatic N) is 2. The number of carbonyl (C=O) groups is 2. The van der Waals surface area contributed by atoms with Gasteiger partial charge in [-0.2, -0.15) is 0 Å². The average Bonchev–Trinajstić information content (AvgIpc) is 2.69. The summed E-state index contributed by atoms with van der Waals surface area (Å²) in [6.07, 6.45) is 0. The van der Waals surface area contributed by atoms with Crippen molar-refractivity contribution in [2.45, 2.75) is 20.8 Å². The molecular formula is C15H17N3O2S. The Morgan fingerprint density at radius 2 is 1.81 bits per heavy atom. The number of hydrogen-bond acceptors (Lipinski definition) is 4. The molecular weight excluding hydrogens is 286 g/mol. The molecule has 0 saturated carbocycles. The van der Waals surface area contributed by atoms with Crippen molar-refractivity contribution >= 4 is 34.4 Å². The second kappa shape index (κ2) is 6.05. The molecule has 0 fully saturated rings. The first kappa shape index (κ1) is 15.2. The van der Waals surface area contributed by atoms with Crippen molar-refractivity contribution < 1.29 is 9.59 Å². The van der Waals surface area contributed by atoms with E-state index in [-0.39, 0.29) is 11.7 Å². The van der Waals surface area contributed by atoms with Crippen molar-refractivity contribution in [2.24, 2.45) is 12.0 Å². The first-order valence-corrected chi connectivity index (χ1v) is 7.30. The topological polar surface area (TPSA) is 63.5 Å². The fraction of sp³-hybridized carbons (Fsp3) is 0.267. The number of hydrogen-bond donors (Lipinski definition) is 1. The van der Waals surface area contributed by atoms with E-state index in [9.17, 15) is 9.59 Å². The fourth-order valence-corrected chi connectivity index (χ4v) is 2.92. The maximum Gasteiger partial charge on any atom is 0.221 e. The Morgan fingerprint density at radius 1 is 1.19 bits per heavy atom. The molecule has 1 heterocycles. The molecule has 6 heteroatoms. The predicted octanol–water partition coefficient (Wildman–Crippen LogP) is 2.79. The molecule has 0 saturated heterocycles. The molecule has 2 rings (SSSR count). The van der Waals surface area contributed by atoms with E-state index in [1.807, 2.05) is 30.7 Å². The van der Waals surface area contributed by atoms with Crippen LogP contribution in [-0.4, -0.2) is 16.3 Å². The van der Waals surface area contributed by atoms with Crippen LogP contribution in [0.1, 0.15) is 29.2 Å². The number of nitrogens with one attached hydrogen (secondary N) is 1. The second-order valence-electron chi connectivity index (χ2n) is 4.75. The van der Waals surface area contributed by atoms with Crippen LogP contribution in [0.25, 0.3) is 0 Å². The molecule has 5 nitrogen and oxygen atoms in total. The van der Waals surface area contributed by atoms with Gasteiger partial charge in [-0.15, -0.1) is 0 Å². The first-order chi connectivity index (χ1) is 9.88. The van der Waals surface area contributed by atoms with Crippen molar-refractivity contribution in [2.75, 3.05) is 5.32 Å². The van der Waals surface area contributed by atoms with Gasteiger partial charge in [0.05, 0.1) is 10.6 Å². The first-order valence-electron chi connectivity index (χ1n) is 6.48. The predicted molar refractivity (Wildman–Crippen MR) is 84.0 cm³/mol. The van der Waals surface area contributed by atoms with E-state index in [4.69, 9.17) is 0 Å². The molecule has 2 aromatic rings. The summed E-state index contributed by atoms with van der Waals surface area (Å²) in [6.45, 7) is 4.94. The quantitative estimate of drug-likeness (QED) is 0.886. The van der Waals surface area contributed by atoms with Gasteiger partial charge in [0.1, 0.15) is 0 Å². The molecule has 0 aliphatic rings. The normalized spacial score (nSPS) is 11.5. The van der Waals surface area contributed by atoms with Crippen molar-refractivity contribution in [3.8, 4) is 0 Å². The molecule has 0 bridgehead atoms. The molecule has 0 radical (unpaired) electrons. The fourth-order valence-electron chi connectivity index (χ4n) is 1.89. The number of anilines is 1. The van der Waals surface area contributed by atoms with Gasteiger partial charge < -0.3 is 9.88 Å². The molecule has 0 spiro atoms. The van der Waals surface area contributed by atoms with Gasteiger partial charge in [-0.1, -0.05) is 11.3 Å². The van der Waals surface area contributed by atoms with E-state index >= 15 is 0 Å². The third kappa shape index (κ3) is 3.46. The standard InChI is InChI=1S/C15H17N3O2S/c1-9-14(10(2)19)21-15(18(9)4)17-13-7-5-12(6-8-13)16-11(3)20/h5-8H,1-4H3,(H,16,20). The number of thiazole rings is 1. The van der Waals surface area contributed by atoms with Crippen LogP contribution in [0.5, 0.6) is 0 Å². The summed E-state index contributed by atoms with van der Waals surface area (Å²) in [4.78, 5) is 28.6. The van der Waals surface area contributed by atoms with Gasteiger partial charge in [-0.05, 0) is 31.2 Å². The van der Waals surface area contributed by atoms with Gasteiger partial charge in [0.25, 0.3) is 0 Å². The summed E-state index contributed by atoms with van der Waals surface area (Å²) in [6, 6.07) is 7.25. The van der Waals surface area contributed by atoms with Gasteiger partial charge >= 0.3 is 0 Å². The summed E-state index contributed by atoms with van der Waals surface area (Å²) < 4.78 is 1.91. The summed E-state index contributed by atoms with van der Waals surface area (Å²) >= 11 is 1.38. The summed E-state index contributed by atoms with van der Waals surface area (Å²) in [5.74, 6) is -0.0540. The highest BCUT2D eigenvalue weighted by molar-refractivity contribution is 7.11. The molecule has 1 aromatic heterocycles. The number of amides is 1. The van der Waals surface area contributed by atoms with E-state index in [0.29, 0.717) is 0 Å². The van der Waals surface area contributed by atoms with E-state index < -0.39 is 0 Å². The van der Waals surface area contributed by atoms with Crippen LogP contribution in [-0.2, 0) is 11.8 Å². The molecule has 110 valence electrons. The third-order valence-corrected chi connectivity index (χ3v) is 4.38. The molecule has 21 heavy (non-hydrogen) atoms. The summed E-state index contributed by atoms with van der Waals surface area (Å²) in [5.41, 5.74) is 2.43. The van der Waals surface area contributed by atoms with Crippen LogP contribution in [0.15, 0.2) is 29.3 Å². The zero-order valence-electron chi connectivity index (χ0n) is 12.4. The lowest BCUT2D eigenvalue weighted by Gasteiger charge is -2.01. The van der Waals surface area contributed by atoms with Crippen molar-refractivity contribution in [3.63, 3.8) is 0 Å². The highest BCUT2D eigenvalue weighted by Crippen LogP contribution is 2.17. The van der Waals surface area contributed by atoms with Crippen molar-refractivity contribution in [1.82, 2.24) is 4.57 Å². The molecule has 0 aliphatic carbocycles. The molecule has 0 atom stereocenters. The van der Waals surface area contributed by atoms with Crippen molar-refractivity contribution in [3.05, 3.63) is 39.6 Å². The van der Waals surface area contributed by atoms with Gasteiger partial charge in [-0.25, -0.2) is 4.99 Å². The lowest BCUT2D eigenvalue weighted by atomic mass is 10.3. The Hall–Kier alpha value is -2.21. The smallest absolute Gasteiger partial charge is 0.221 e. The molecule has 0 unspecified atom stereocenters. The minimum atomic E-state index is -0.105. The van der Waals surface area contributed by atoms with Gasteiger partial charge in [0.15, 0.2) is 10.6 Å². The largest absolute Gasteiger partial charge is 0.326 e. The van der Waals surface area contributed by atoms with Crippen LogP contribution in [0.3, 0.4) is 0 Å². The monoisotopic (exact) mass is 303 g/mol. The van der Waals surface area contributed by atoms with Gasteiger partial charge in [0.2, 0.25) is 5.91 Å². The summed E-state index contributed by atoms with van der Waals surface area (Å²) in [5, 5.41) is 2.71. The minimum absolute atomic E-state index is 0.0514. The Labute approximate surface area is 127 Å². The zero-order chi connectivity index (χ0) is 15.6. The minimum Gasteiger partial charge on any atom is -0.326 e. The van der Waals surface area contributed by atoms with Crippen LogP contribution in [0.2, 0.25) is 0 Å². The molecule has 1 N–H and O–H groups in total. The van der Waals surface area contributed by atoms with Crippen LogP contribution in [0.4, 0.5) is 11.4 Å². The lowest BCUT2D eigenvalue weighted by molar-refractivity contribution is -0.114. The number of benzene rings is 1. The molecule has 0 aliphatic heterocycles. The highest BCUT2D eigenvalue weighted by atomic mass is 32.1. The van der Waals surface area contributed by atoms with Crippen LogP contribution in [0, 0.1) is 6.92 Å². The van der Waals surface area contributed by atoms with Gasteiger partial charge in [-0.3, -0.25) is 9.59 Å². The number of carbonyl (C=O) groups excluding carboxylic acids is 2. The Kier molecular flexibility index (Phi) is 4.37. The average molecular weight is 303 g/mol. The lowest BCUT2D eigenvalue weighted by Crippen LogP contribution is -2.11. The second-order valence-corrected chi connectivity index (χ2v) is 5.73. The van der Waals surface area contributed by atoms with E-state index in [0.717, 1.165) is 26.7 Å². The maximum atomic E-state index is 11.5. The van der Waals surface area contributed by atoms with E-state index in [1.54, 1.807) is 19.1 Å². The van der Waals surface area contributed by atoms with E-state index in [2.05, 4.69) is 10.3 Å². The number of Topliss-reactive ketones (excluding diaryl/α,β-unsaturated/α-hetero) is 1. The Morgan fingerprint density at radius 3 is 2.29 bits per heavy atom. The maximum absolute atomic E-state index is 11.5. The zero-order valence-corrected chi connectivity index (χ0v) is 13.2. The third-order valence-electron chi connectivity index (χ3n) is 3.04. The number of ketones is 1. The molecule has 1 amide bonds. The highest BCUT2D eigenvalue weighted by Gasteiger charge is 2.10. The SMILES string of the molecule is CC(=O)Nc1ccc(N=c2sc(C(C)=O)c(C)n2C)cc1. The number of rotatable bonds is 3. The van der Waals surface area contributed by atoms with E-state index in [1.165, 1.54) is 18.3 Å². The van der Waals surface area contributed by atoms with Gasteiger partial charge in [0, 0.05) is 32.3 Å². The van der Waals surface area contributed by atoms with Crippen LogP contribution < -0.4 is 10.1 Å².